The van der Waals surface area contributed by atoms with Crippen molar-refractivity contribution in [2.45, 2.75) is 20.3 Å². The number of hydrogen-bond acceptors (Lipinski definition) is 3. The Hall–Kier alpha value is 2.69. The van der Waals surface area contributed by atoms with Gasteiger partial charge in [-0.15, -0.1) is 11.8 Å². The topological polar surface area (TPSA) is 23.5 Å². The molecule has 0 saturated heterocycles. The number of allylic oxidation sites excluding steroid dienone is 1. The SMILES string of the molecule is CCN1CSC(CCO)=C1C.[I-].[I-].[I-].[Ir+3]. The van der Waals surface area contributed by atoms with Crippen LogP contribution in [0.3, 0.4) is 0 Å². The molecule has 0 amide bonds. The van der Waals surface area contributed by atoms with Gasteiger partial charge in [-0.1, -0.05) is 0 Å². The first-order valence-corrected chi connectivity index (χ1v) is 4.96. The number of halogens is 3. The standard InChI is InChI=1S/C8H15NOS.3HI.Ir/c1-3-9-6-11-8(4-5-10)7(9)2;;;;/h10H,3-6H2,1-2H3;3*1H;/q;;;;+3/p-3. The number of hydrogen-bond donors (Lipinski definition) is 1. The van der Waals surface area contributed by atoms with Crippen LogP contribution in [0.4, 0.5) is 0 Å². The molecule has 0 aliphatic carbocycles. The van der Waals surface area contributed by atoms with Crippen LogP contribution in [0.1, 0.15) is 20.3 Å². The average Bonchev–Trinajstić information content (AvgIpc) is 2.34. The van der Waals surface area contributed by atoms with Gasteiger partial charge in [0.2, 0.25) is 0 Å². The second kappa shape index (κ2) is 14.7. The Morgan fingerprint density at radius 3 is 2.20 bits per heavy atom. The number of aliphatic hydroxyl groups excluding tert-OH is 1. The van der Waals surface area contributed by atoms with Crippen LogP contribution < -0.4 is 71.9 Å². The fourth-order valence-corrected chi connectivity index (χ4v) is 2.48. The summed E-state index contributed by atoms with van der Waals surface area (Å²) in [5.74, 6) is 1.07. The molecule has 0 radical (unpaired) electrons. The fraction of sp³-hybridized carbons (Fsp3) is 0.750. The van der Waals surface area contributed by atoms with Crippen LogP contribution >= 0.6 is 11.8 Å². The maximum Gasteiger partial charge on any atom is 3.00 e. The first-order valence-electron chi connectivity index (χ1n) is 3.98. The number of aliphatic hydroxyl groups is 1. The first kappa shape index (κ1) is 26.3. The Morgan fingerprint density at radius 2 is 1.87 bits per heavy atom. The zero-order chi connectivity index (χ0) is 8.27. The largest absolute Gasteiger partial charge is 3.00 e. The van der Waals surface area contributed by atoms with E-state index in [0.717, 1.165) is 18.8 Å². The molecular weight excluding hydrogens is 731 g/mol. The maximum absolute atomic E-state index is 8.74. The van der Waals surface area contributed by atoms with Crippen LogP contribution in [0.2, 0.25) is 0 Å². The van der Waals surface area contributed by atoms with Crippen molar-refractivity contribution in [3.63, 3.8) is 0 Å². The fourth-order valence-electron chi connectivity index (χ4n) is 1.22. The predicted molar refractivity (Wildman–Crippen MR) is 49.2 cm³/mol. The molecule has 0 spiro atoms. The van der Waals surface area contributed by atoms with Crippen LogP contribution in [-0.4, -0.2) is 29.0 Å². The maximum atomic E-state index is 8.74. The second-order valence-electron chi connectivity index (χ2n) is 2.61. The Labute approximate surface area is 161 Å². The molecule has 0 atom stereocenters. The van der Waals surface area contributed by atoms with E-state index >= 15 is 0 Å². The van der Waals surface area contributed by atoms with Crippen molar-refractivity contribution < 1.29 is 97.1 Å². The van der Waals surface area contributed by atoms with Gasteiger partial charge in [-0.3, -0.25) is 0 Å². The minimum atomic E-state index is 0. The van der Waals surface area contributed by atoms with Gasteiger partial charge in [0.1, 0.15) is 0 Å². The molecule has 0 aromatic carbocycles. The molecule has 1 aliphatic heterocycles. The Balaban J connectivity index is -0.000000151. The molecule has 94 valence electrons. The van der Waals surface area contributed by atoms with Crippen molar-refractivity contribution >= 4 is 11.8 Å². The summed E-state index contributed by atoms with van der Waals surface area (Å²) in [4.78, 5) is 3.68. The second-order valence-corrected chi connectivity index (χ2v) is 3.65. The summed E-state index contributed by atoms with van der Waals surface area (Å²) in [6, 6.07) is 0. The Morgan fingerprint density at radius 1 is 1.33 bits per heavy atom. The Bertz CT molecular complexity index is 183. The molecule has 1 heterocycles. The van der Waals surface area contributed by atoms with Gasteiger partial charge < -0.3 is 81.9 Å². The van der Waals surface area contributed by atoms with Crippen molar-refractivity contribution in [1.82, 2.24) is 4.90 Å². The molecule has 1 N–H and O–H groups in total. The summed E-state index contributed by atoms with van der Waals surface area (Å²) in [7, 11) is 0. The quantitative estimate of drug-likeness (QED) is 0.291. The van der Waals surface area contributed by atoms with Crippen molar-refractivity contribution in [3.05, 3.63) is 10.6 Å². The van der Waals surface area contributed by atoms with Crippen molar-refractivity contribution in [1.29, 1.82) is 0 Å². The third-order valence-electron chi connectivity index (χ3n) is 1.99. The summed E-state index contributed by atoms with van der Waals surface area (Å²) >= 11 is 1.85. The van der Waals surface area contributed by atoms with Gasteiger partial charge in [0.25, 0.3) is 0 Å². The summed E-state index contributed by atoms with van der Waals surface area (Å²) in [5.41, 5.74) is 1.35. The minimum absolute atomic E-state index is 0. The minimum Gasteiger partial charge on any atom is -1.00 e. The summed E-state index contributed by atoms with van der Waals surface area (Å²) in [6.45, 7) is 5.64. The normalized spacial score (nSPS) is 13.4. The van der Waals surface area contributed by atoms with E-state index in [-0.39, 0.29) is 98.6 Å². The molecule has 7 heteroatoms. The molecule has 0 aromatic heterocycles. The van der Waals surface area contributed by atoms with Crippen molar-refractivity contribution in [3.8, 4) is 0 Å². The van der Waals surface area contributed by atoms with E-state index in [1.807, 2.05) is 11.8 Å². The molecule has 15 heavy (non-hydrogen) atoms. The molecule has 0 fully saturated rings. The van der Waals surface area contributed by atoms with Crippen LogP contribution in [-0.2, 0) is 20.1 Å². The van der Waals surface area contributed by atoms with E-state index in [1.54, 1.807) is 0 Å². The van der Waals surface area contributed by atoms with Crippen molar-refractivity contribution in [2.24, 2.45) is 0 Å². The van der Waals surface area contributed by atoms with Crippen LogP contribution in [0.5, 0.6) is 0 Å². The van der Waals surface area contributed by atoms with Crippen LogP contribution in [0.25, 0.3) is 0 Å². The molecule has 0 aromatic rings. The van der Waals surface area contributed by atoms with Gasteiger partial charge in [0.15, 0.2) is 0 Å². The summed E-state index contributed by atoms with van der Waals surface area (Å²) in [5, 5.41) is 8.74. The van der Waals surface area contributed by atoms with E-state index in [1.165, 1.54) is 10.6 Å². The molecule has 0 saturated carbocycles. The number of thioether (sulfide) groups is 1. The molecule has 1 aliphatic rings. The molecule has 0 unspecified atom stereocenters. The first-order chi connectivity index (χ1) is 5.29. The molecule has 0 bridgehead atoms. The van der Waals surface area contributed by atoms with Gasteiger partial charge in [0, 0.05) is 30.2 Å². The van der Waals surface area contributed by atoms with E-state index in [4.69, 9.17) is 5.11 Å². The van der Waals surface area contributed by atoms with Crippen LogP contribution in [0.15, 0.2) is 10.6 Å². The zero-order valence-corrected chi connectivity index (χ0v) is 18.3. The van der Waals surface area contributed by atoms with Gasteiger partial charge in [-0.2, -0.15) is 0 Å². The summed E-state index contributed by atoms with van der Waals surface area (Å²) in [6.07, 6.45) is 0.826. The number of rotatable bonds is 3. The van der Waals surface area contributed by atoms with Crippen LogP contribution in [0, 0.1) is 0 Å². The van der Waals surface area contributed by atoms with E-state index in [0.29, 0.717) is 0 Å². The third kappa shape index (κ3) is 8.41. The smallest absolute Gasteiger partial charge is 1.00 e. The van der Waals surface area contributed by atoms with Gasteiger partial charge in [-0.25, -0.2) is 0 Å². The summed E-state index contributed by atoms with van der Waals surface area (Å²) < 4.78 is 0. The van der Waals surface area contributed by atoms with Gasteiger partial charge >= 0.3 is 20.1 Å². The zero-order valence-electron chi connectivity index (χ0n) is 8.60. The van der Waals surface area contributed by atoms with Gasteiger partial charge in [-0.05, 0) is 13.8 Å². The van der Waals surface area contributed by atoms with Gasteiger partial charge in [0.05, 0.1) is 5.88 Å². The Kier molecular flexibility index (Phi) is 25.9. The monoisotopic (exact) mass is 747 g/mol. The average molecular weight is 746 g/mol. The number of nitrogens with zero attached hydrogens (tertiary/aromatic N) is 1. The predicted octanol–water partition coefficient (Wildman–Crippen LogP) is -7.36. The molecule has 1 rings (SSSR count). The third-order valence-corrected chi connectivity index (χ3v) is 3.28. The molecular formula is C8H15I3IrNOS. The van der Waals surface area contributed by atoms with E-state index < -0.39 is 0 Å². The van der Waals surface area contributed by atoms with E-state index in [2.05, 4.69) is 18.7 Å². The van der Waals surface area contributed by atoms with Crippen molar-refractivity contribution in [2.75, 3.05) is 19.0 Å². The van der Waals surface area contributed by atoms with E-state index in [9.17, 15) is 0 Å². The molecule has 2 nitrogen and oxygen atoms in total.